The Bertz CT molecular complexity index is 281. The van der Waals surface area contributed by atoms with E-state index < -0.39 is 0 Å². The molecule has 1 aliphatic rings. The summed E-state index contributed by atoms with van der Waals surface area (Å²) in [7, 11) is 0. The van der Waals surface area contributed by atoms with E-state index in [2.05, 4.69) is 15.3 Å². The Morgan fingerprint density at radius 2 is 2.46 bits per heavy atom. The fraction of sp³-hybridized carbons (Fsp3) is 0.556. The van der Waals surface area contributed by atoms with Crippen LogP contribution in [0.25, 0.3) is 0 Å². The van der Waals surface area contributed by atoms with Crippen molar-refractivity contribution >= 4 is 5.95 Å². The summed E-state index contributed by atoms with van der Waals surface area (Å²) in [5.74, 6) is 0.891. The van der Waals surface area contributed by atoms with Crippen LogP contribution in [0.4, 0.5) is 5.95 Å². The van der Waals surface area contributed by atoms with Gasteiger partial charge in [-0.3, -0.25) is 0 Å². The van der Waals surface area contributed by atoms with Gasteiger partial charge in [-0.15, -0.1) is 0 Å². The minimum Gasteiger partial charge on any atom is -0.368 e. The third-order valence-electron chi connectivity index (χ3n) is 2.41. The quantitative estimate of drug-likeness (QED) is 0.658. The van der Waals surface area contributed by atoms with Crippen LogP contribution in [0.1, 0.15) is 24.5 Å². The zero-order valence-corrected chi connectivity index (χ0v) is 7.53. The molecular weight excluding hydrogens is 164 g/mol. The average Bonchev–Trinajstić information content (AvgIpc) is 2.19. The summed E-state index contributed by atoms with van der Waals surface area (Å²) < 4.78 is 0. The van der Waals surface area contributed by atoms with Gasteiger partial charge in [-0.2, -0.15) is 0 Å². The molecule has 4 nitrogen and oxygen atoms in total. The monoisotopic (exact) mass is 178 g/mol. The first-order valence-electron chi connectivity index (χ1n) is 4.65. The number of piperidine rings is 1. The number of nitrogen functional groups attached to an aromatic ring is 1. The van der Waals surface area contributed by atoms with Crippen LogP contribution in [0.2, 0.25) is 0 Å². The molecular formula is C9H14N4. The van der Waals surface area contributed by atoms with E-state index in [1.54, 1.807) is 6.20 Å². The normalized spacial score (nSPS) is 22.9. The van der Waals surface area contributed by atoms with Gasteiger partial charge in [0.25, 0.3) is 0 Å². The van der Waals surface area contributed by atoms with Gasteiger partial charge in [0.05, 0.1) is 5.69 Å². The predicted molar refractivity (Wildman–Crippen MR) is 51.3 cm³/mol. The van der Waals surface area contributed by atoms with Gasteiger partial charge < -0.3 is 11.1 Å². The summed E-state index contributed by atoms with van der Waals surface area (Å²) in [6, 6.07) is 1.95. The number of anilines is 1. The van der Waals surface area contributed by atoms with Gasteiger partial charge >= 0.3 is 0 Å². The number of nitrogens with two attached hydrogens (primary N) is 1. The van der Waals surface area contributed by atoms with Gasteiger partial charge in [-0.05, 0) is 25.5 Å². The number of hydrogen-bond acceptors (Lipinski definition) is 4. The average molecular weight is 178 g/mol. The van der Waals surface area contributed by atoms with E-state index in [-0.39, 0.29) is 0 Å². The third-order valence-corrected chi connectivity index (χ3v) is 2.41. The second-order valence-electron chi connectivity index (χ2n) is 3.38. The third kappa shape index (κ3) is 1.95. The largest absolute Gasteiger partial charge is 0.368 e. The zero-order chi connectivity index (χ0) is 9.10. The molecule has 0 amide bonds. The molecule has 3 N–H and O–H groups in total. The molecule has 1 aromatic rings. The van der Waals surface area contributed by atoms with Gasteiger partial charge in [0.1, 0.15) is 0 Å². The number of rotatable bonds is 1. The van der Waals surface area contributed by atoms with Crippen LogP contribution in [0, 0.1) is 0 Å². The molecule has 2 rings (SSSR count). The molecule has 1 saturated heterocycles. The SMILES string of the molecule is Nc1nccc(C2CCCNC2)n1. The van der Waals surface area contributed by atoms with E-state index in [4.69, 9.17) is 5.73 Å². The van der Waals surface area contributed by atoms with Crippen molar-refractivity contribution in [1.82, 2.24) is 15.3 Å². The highest BCUT2D eigenvalue weighted by atomic mass is 15.0. The smallest absolute Gasteiger partial charge is 0.220 e. The summed E-state index contributed by atoms with van der Waals surface area (Å²) in [5, 5.41) is 3.35. The molecule has 4 heteroatoms. The molecule has 1 unspecified atom stereocenters. The van der Waals surface area contributed by atoms with Crippen LogP contribution < -0.4 is 11.1 Å². The predicted octanol–water partition coefficient (Wildman–Crippen LogP) is 0.526. The lowest BCUT2D eigenvalue weighted by Gasteiger charge is -2.21. The first-order chi connectivity index (χ1) is 6.36. The van der Waals surface area contributed by atoms with Crippen molar-refractivity contribution in [2.24, 2.45) is 0 Å². The molecule has 0 aliphatic carbocycles. The second-order valence-corrected chi connectivity index (χ2v) is 3.38. The maximum Gasteiger partial charge on any atom is 0.220 e. The molecule has 0 radical (unpaired) electrons. The molecule has 0 spiro atoms. The number of aromatic nitrogens is 2. The van der Waals surface area contributed by atoms with Crippen molar-refractivity contribution in [2.45, 2.75) is 18.8 Å². The summed E-state index contributed by atoms with van der Waals surface area (Å²) in [6.07, 6.45) is 4.14. The van der Waals surface area contributed by atoms with Crippen molar-refractivity contribution in [3.8, 4) is 0 Å². The van der Waals surface area contributed by atoms with E-state index in [0.717, 1.165) is 18.8 Å². The Kier molecular flexibility index (Phi) is 2.40. The second kappa shape index (κ2) is 3.70. The first kappa shape index (κ1) is 8.44. The van der Waals surface area contributed by atoms with Gasteiger partial charge in [0.15, 0.2) is 0 Å². The van der Waals surface area contributed by atoms with Gasteiger partial charge in [0, 0.05) is 18.7 Å². The Morgan fingerprint density at radius 1 is 1.54 bits per heavy atom. The van der Waals surface area contributed by atoms with Crippen molar-refractivity contribution < 1.29 is 0 Å². The van der Waals surface area contributed by atoms with E-state index >= 15 is 0 Å². The fourth-order valence-corrected chi connectivity index (χ4v) is 1.72. The molecule has 0 aromatic carbocycles. The Morgan fingerprint density at radius 3 is 3.15 bits per heavy atom. The van der Waals surface area contributed by atoms with Gasteiger partial charge in [-0.25, -0.2) is 9.97 Å². The number of hydrogen-bond donors (Lipinski definition) is 2. The maximum absolute atomic E-state index is 5.52. The summed E-state index contributed by atoms with van der Waals surface area (Å²) in [4.78, 5) is 8.10. The minimum absolute atomic E-state index is 0.378. The van der Waals surface area contributed by atoms with E-state index in [1.807, 2.05) is 6.07 Å². The highest BCUT2D eigenvalue weighted by Crippen LogP contribution is 2.20. The molecule has 13 heavy (non-hydrogen) atoms. The van der Waals surface area contributed by atoms with E-state index in [0.29, 0.717) is 11.9 Å². The van der Waals surface area contributed by atoms with Crippen LogP contribution in [0.3, 0.4) is 0 Å². The highest BCUT2D eigenvalue weighted by molar-refractivity contribution is 5.20. The molecule has 2 heterocycles. The van der Waals surface area contributed by atoms with Crippen LogP contribution in [-0.4, -0.2) is 23.1 Å². The summed E-state index contributed by atoms with van der Waals surface area (Å²) >= 11 is 0. The van der Waals surface area contributed by atoms with E-state index in [1.165, 1.54) is 12.8 Å². The number of nitrogens with one attached hydrogen (secondary N) is 1. The highest BCUT2D eigenvalue weighted by Gasteiger charge is 2.16. The number of nitrogens with zero attached hydrogens (tertiary/aromatic N) is 2. The van der Waals surface area contributed by atoms with Crippen LogP contribution in [-0.2, 0) is 0 Å². The standard InChI is InChI=1S/C9H14N4/c10-9-12-5-3-8(13-9)7-2-1-4-11-6-7/h3,5,7,11H,1-2,4,6H2,(H2,10,12,13). The van der Waals surface area contributed by atoms with Crippen LogP contribution in [0.5, 0.6) is 0 Å². The van der Waals surface area contributed by atoms with Crippen molar-refractivity contribution in [3.05, 3.63) is 18.0 Å². The molecule has 1 aliphatic heterocycles. The molecule has 0 bridgehead atoms. The van der Waals surface area contributed by atoms with Crippen LogP contribution >= 0.6 is 0 Å². The van der Waals surface area contributed by atoms with Crippen molar-refractivity contribution in [2.75, 3.05) is 18.8 Å². The zero-order valence-electron chi connectivity index (χ0n) is 7.53. The molecule has 70 valence electrons. The minimum atomic E-state index is 0.378. The molecule has 1 atom stereocenters. The first-order valence-corrected chi connectivity index (χ1v) is 4.65. The Labute approximate surface area is 77.6 Å². The molecule has 1 aromatic heterocycles. The topological polar surface area (TPSA) is 63.8 Å². The Balaban J connectivity index is 2.14. The lowest BCUT2D eigenvalue weighted by atomic mass is 9.96. The van der Waals surface area contributed by atoms with E-state index in [9.17, 15) is 0 Å². The molecule has 1 fully saturated rings. The lowest BCUT2D eigenvalue weighted by Crippen LogP contribution is -2.28. The molecule has 0 saturated carbocycles. The lowest BCUT2D eigenvalue weighted by molar-refractivity contribution is 0.454. The summed E-state index contributed by atoms with van der Waals surface area (Å²) in [5.41, 5.74) is 6.59. The van der Waals surface area contributed by atoms with Crippen molar-refractivity contribution in [1.29, 1.82) is 0 Å². The maximum atomic E-state index is 5.52. The Hall–Kier alpha value is -1.16. The summed E-state index contributed by atoms with van der Waals surface area (Å²) in [6.45, 7) is 2.13. The fourth-order valence-electron chi connectivity index (χ4n) is 1.72. The van der Waals surface area contributed by atoms with Crippen molar-refractivity contribution in [3.63, 3.8) is 0 Å². The van der Waals surface area contributed by atoms with Gasteiger partial charge in [0.2, 0.25) is 5.95 Å². The van der Waals surface area contributed by atoms with Crippen LogP contribution in [0.15, 0.2) is 12.3 Å². The van der Waals surface area contributed by atoms with Gasteiger partial charge in [-0.1, -0.05) is 0 Å².